The Labute approximate surface area is 94.4 Å². The lowest BCUT2D eigenvalue weighted by Gasteiger charge is -2.12. The van der Waals surface area contributed by atoms with Gasteiger partial charge in [0.1, 0.15) is 17.6 Å². The summed E-state index contributed by atoms with van der Waals surface area (Å²) in [4.78, 5) is 11.5. The summed E-state index contributed by atoms with van der Waals surface area (Å²) in [6, 6.07) is 4.63. The first kappa shape index (κ1) is 12.6. The van der Waals surface area contributed by atoms with Crippen molar-refractivity contribution in [2.75, 3.05) is 0 Å². The van der Waals surface area contributed by atoms with E-state index in [9.17, 15) is 9.18 Å². The fourth-order valence-corrected chi connectivity index (χ4v) is 1.30. The Morgan fingerprint density at radius 3 is 2.44 bits per heavy atom. The van der Waals surface area contributed by atoms with Gasteiger partial charge in [-0.15, -0.1) is 0 Å². The summed E-state index contributed by atoms with van der Waals surface area (Å²) >= 11 is 0. The molecule has 0 saturated heterocycles. The largest absolute Gasteiger partial charge is 0.425 e. The molecule has 0 aliphatic heterocycles. The van der Waals surface area contributed by atoms with Gasteiger partial charge >= 0.3 is 5.97 Å². The summed E-state index contributed by atoms with van der Waals surface area (Å²) in [5, 5.41) is 0. The van der Waals surface area contributed by atoms with E-state index in [0.29, 0.717) is 18.1 Å². The maximum absolute atomic E-state index is 12.6. The molecule has 1 aromatic carbocycles. The van der Waals surface area contributed by atoms with E-state index in [1.54, 1.807) is 0 Å². The van der Waals surface area contributed by atoms with Gasteiger partial charge in [0.25, 0.3) is 0 Å². The molecule has 16 heavy (non-hydrogen) atoms. The SMILES string of the molecule is CC(C)CC(N)C(=O)Oc1ccc(F)cc1. The molecule has 3 nitrogen and oxygen atoms in total. The molecule has 1 unspecified atom stereocenters. The number of hydrogen-bond donors (Lipinski definition) is 1. The van der Waals surface area contributed by atoms with Gasteiger partial charge < -0.3 is 10.5 Å². The number of carbonyl (C=O) groups excluding carboxylic acids is 1. The first-order valence-electron chi connectivity index (χ1n) is 5.22. The molecule has 0 aliphatic rings. The van der Waals surface area contributed by atoms with Crippen LogP contribution in [-0.2, 0) is 4.79 Å². The molecular formula is C12H16FNO2. The van der Waals surface area contributed by atoms with E-state index in [1.807, 2.05) is 13.8 Å². The molecule has 0 radical (unpaired) electrons. The lowest BCUT2D eigenvalue weighted by Crippen LogP contribution is -2.35. The van der Waals surface area contributed by atoms with Crippen molar-refractivity contribution < 1.29 is 13.9 Å². The number of ether oxygens (including phenoxy) is 1. The summed E-state index contributed by atoms with van der Waals surface area (Å²) in [7, 11) is 0. The maximum atomic E-state index is 12.6. The van der Waals surface area contributed by atoms with Crippen molar-refractivity contribution in [2.45, 2.75) is 26.3 Å². The summed E-state index contributed by atoms with van der Waals surface area (Å²) in [6.45, 7) is 3.95. The van der Waals surface area contributed by atoms with Crippen LogP contribution in [0.25, 0.3) is 0 Å². The van der Waals surface area contributed by atoms with E-state index < -0.39 is 12.0 Å². The quantitative estimate of drug-likeness (QED) is 0.630. The van der Waals surface area contributed by atoms with Gasteiger partial charge in [-0.05, 0) is 36.6 Å². The molecule has 0 heterocycles. The fraction of sp³-hybridized carbons (Fsp3) is 0.417. The lowest BCUT2D eigenvalue weighted by atomic mass is 10.1. The molecular weight excluding hydrogens is 209 g/mol. The Kier molecular flexibility index (Phi) is 4.43. The van der Waals surface area contributed by atoms with E-state index in [0.717, 1.165) is 0 Å². The number of benzene rings is 1. The fourth-order valence-electron chi connectivity index (χ4n) is 1.30. The zero-order valence-electron chi connectivity index (χ0n) is 9.44. The topological polar surface area (TPSA) is 52.3 Å². The molecule has 0 spiro atoms. The van der Waals surface area contributed by atoms with Crippen molar-refractivity contribution in [1.29, 1.82) is 0 Å². The van der Waals surface area contributed by atoms with Gasteiger partial charge in [0.05, 0.1) is 0 Å². The van der Waals surface area contributed by atoms with E-state index in [-0.39, 0.29) is 5.82 Å². The highest BCUT2D eigenvalue weighted by molar-refractivity contribution is 5.77. The molecule has 1 aromatic rings. The molecule has 1 rings (SSSR count). The van der Waals surface area contributed by atoms with Crippen LogP contribution in [0.5, 0.6) is 5.75 Å². The minimum absolute atomic E-state index is 0.311. The molecule has 4 heteroatoms. The smallest absolute Gasteiger partial charge is 0.328 e. The zero-order valence-corrected chi connectivity index (χ0v) is 9.44. The zero-order chi connectivity index (χ0) is 12.1. The Morgan fingerprint density at radius 1 is 1.38 bits per heavy atom. The van der Waals surface area contributed by atoms with Crippen LogP contribution in [0.4, 0.5) is 4.39 Å². The van der Waals surface area contributed by atoms with E-state index in [1.165, 1.54) is 24.3 Å². The van der Waals surface area contributed by atoms with Crippen molar-refractivity contribution in [2.24, 2.45) is 11.7 Å². The summed E-state index contributed by atoms with van der Waals surface area (Å²) in [6.07, 6.45) is 0.569. The highest BCUT2D eigenvalue weighted by atomic mass is 19.1. The van der Waals surface area contributed by atoms with Crippen LogP contribution in [0.1, 0.15) is 20.3 Å². The summed E-state index contributed by atoms with van der Waals surface area (Å²) < 4.78 is 17.6. The third kappa shape index (κ3) is 3.98. The molecule has 0 fully saturated rings. The van der Waals surface area contributed by atoms with Crippen LogP contribution >= 0.6 is 0 Å². The highest BCUT2D eigenvalue weighted by Crippen LogP contribution is 2.13. The number of nitrogens with two attached hydrogens (primary N) is 1. The highest BCUT2D eigenvalue weighted by Gasteiger charge is 2.17. The number of rotatable bonds is 4. The van der Waals surface area contributed by atoms with Crippen molar-refractivity contribution in [1.82, 2.24) is 0 Å². The Bertz CT molecular complexity index is 349. The molecule has 0 aliphatic carbocycles. The summed E-state index contributed by atoms with van der Waals surface area (Å²) in [5.41, 5.74) is 5.65. The van der Waals surface area contributed by atoms with Crippen molar-refractivity contribution >= 4 is 5.97 Å². The van der Waals surface area contributed by atoms with Gasteiger partial charge in [-0.1, -0.05) is 13.8 Å². The van der Waals surface area contributed by atoms with Gasteiger partial charge in [-0.3, -0.25) is 0 Å². The van der Waals surface area contributed by atoms with Crippen LogP contribution in [0.3, 0.4) is 0 Å². The molecule has 2 N–H and O–H groups in total. The average molecular weight is 225 g/mol. The van der Waals surface area contributed by atoms with E-state index in [2.05, 4.69) is 0 Å². The Hall–Kier alpha value is -1.42. The third-order valence-electron chi connectivity index (χ3n) is 2.06. The second-order valence-electron chi connectivity index (χ2n) is 4.11. The number of carbonyl (C=O) groups is 1. The van der Waals surface area contributed by atoms with Crippen LogP contribution in [0, 0.1) is 11.7 Å². The van der Waals surface area contributed by atoms with Gasteiger partial charge in [0.2, 0.25) is 0 Å². The van der Waals surface area contributed by atoms with Crippen molar-refractivity contribution in [3.63, 3.8) is 0 Å². The second-order valence-corrected chi connectivity index (χ2v) is 4.11. The predicted molar refractivity (Wildman–Crippen MR) is 59.5 cm³/mol. The van der Waals surface area contributed by atoms with Crippen LogP contribution in [0.15, 0.2) is 24.3 Å². The van der Waals surface area contributed by atoms with Gasteiger partial charge in [-0.2, -0.15) is 0 Å². The summed E-state index contributed by atoms with van der Waals surface area (Å²) in [5.74, 6) is -0.215. The standard InChI is InChI=1S/C12H16FNO2/c1-8(2)7-11(14)12(15)16-10-5-3-9(13)4-6-10/h3-6,8,11H,7,14H2,1-2H3. The Morgan fingerprint density at radius 2 is 1.94 bits per heavy atom. The molecule has 0 saturated carbocycles. The van der Waals surface area contributed by atoms with Crippen LogP contribution < -0.4 is 10.5 Å². The minimum atomic E-state index is -0.634. The molecule has 1 atom stereocenters. The monoisotopic (exact) mass is 225 g/mol. The lowest BCUT2D eigenvalue weighted by molar-refractivity contribution is -0.136. The maximum Gasteiger partial charge on any atom is 0.328 e. The number of hydrogen-bond acceptors (Lipinski definition) is 3. The minimum Gasteiger partial charge on any atom is -0.425 e. The van der Waals surface area contributed by atoms with Gasteiger partial charge in [0.15, 0.2) is 0 Å². The van der Waals surface area contributed by atoms with Crippen molar-refractivity contribution in [3.05, 3.63) is 30.1 Å². The van der Waals surface area contributed by atoms with E-state index >= 15 is 0 Å². The Balaban J connectivity index is 2.54. The molecule has 0 aromatic heterocycles. The first-order valence-corrected chi connectivity index (χ1v) is 5.22. The predicted octanol–water partition coefficient (Wildman–Crippen LogP) is 2.10. The van der Waals surface area contributed by atoms with Gasteiger partial charge in [-0.25, -0.2) is 9.18 Å². The van der Waals surface area contributed by atoms with Gasteiger partial charge in [0, 0.05) is 0 Å². The molecule has 88 valence electrons. The van der Waals surface area contributed by atoms with Crippen LogP contribution in [-0.4, -0.2) is 12.0 Å². The molecule has 0 amide bonds. The average Bonchev–Trinajstić information content (AvgIpc) is 2.20. The number of esters is 1. The van der Waals surface area contributed by atoms with Crippen molar-refractivity contribution in [3.8, 4) is 5.75 Å². The third-order valence-corrected chi connectivity index (χ3v) is 2.06. The van der Waals surface area contributed by atoms with E-state index in [4.69, 9.17) is 10.5 Å². The second kappa shape index (κ2) is 5.61. The normalized spacial score (nSPS) is 12.6. The van der Waals surface area contributed by atoms with Crippen LogP contribution in [0.2, 0.25) is 0 Å². The first-order chi connectivity index (χ1) is 7.49. The molecule has 0 bridgehead atoms. The number of halogens is 1.